The molecule has 25 heavy (non-hydrogen) atoms. The number of halogens is 1. The number of anilines is 1. The summed E-state index contributed by atoms with van der Waals surface area (Å²) in [5.41, 5.74) is 1.37. The van der Waals surface area contributed by atoms with Crippen LogP contribution in [0.25, 0.3) is 0 Å². The number of amides is 2. The van der Waals surface area contributed by atoms with Gasteiger partial charge in [-0.2, -0.15) is 0 Å². The van der Waals surface area contributed by atoms with Crippen LogP contribution in [0.5, 0.6) is 0 Å². The normalized spacial score (nSPS) is 16.6. The highest BCUT2D eigenvalue weighted by molar-refractivity contribution is 7.98. The highest BCUT2D eigenvalue weighted by atomic mass is 32.2. The standard InChI is InChI=1S/C19H21FN2O2S/c20-16-6-2-1-5-15(16)13-25-18-8-4-3-7-17(18)22-19(23)21-11-14-9-10-24-12-14/h1-8,14H,9-13H2,(H2,21,22,23)/t14-/m1/s1. The fraction of sp³-hybridized carbons (Fsp3) is 0.316. The summed E-state index contributed by atoms with van der Waals surface area (Å²) in [7, 11) is 0. The van der Waals surface area contributed by atoms with E-state index in [0.29, 0.717) is 30.4 Å². The minimum absolute atomic E-state index is 0.211. The number of hydrogen-bond donors (Lipinski definition) is 2. The van der Waals surface area contributed by atoms with Crippen LogP contribution >= 0.6 is 11.8 Å². The molecule has 0 aromatic heterocycles. The van der Waals surface area contributed by atoms with Crippen LogP contribution in [0.15, 0.2) is 53.4 Å². The van der Waals surface area contributed by atoms with Crippen LogP contribution in [0.1, 0.15) is 12.0 Å². The molecule has 3 rings (SSSR count). The van der Waals surface area contributed by atoms with Crippen molar-refractivity contribution in [1.82, 2.24) is 5.32 Å². The second-order valence-electron chi connectivity index (χ2n) is 5.94. The lowest BCUT2D eigenvalue weighted by Gasteiger charge is -2.13. The van der Waals surface area contributed by atoms with Crippen molar-refractivity contribution < 1.29 is 13.9 Å². The molecule has 2 N–H and O–H groups in total. The molecule has 1 fully saturated rings. The Morgan fingerprint density at radius 2 is 2.00 bits per heavy atom. The Morgan fingerprint density at radius 3 is 2.80 bits per heavy atom. The van der Waals surface area contributed by atoms with E-state index in [1.54, 1.807) is 12.1 Å². The second kappa shape index (κ2) is 8.87. The fourth-order valence-electron chi connectivity index (χ4n) is 2.61. The molecule has 2 amide bonds. The molecular weight excluding hydrogens is 339 g/mol. The van der Waals surface area contributed by atoms with Crippen molar-refractivity contribution in [1.29, 1.82) is 0 Å². The first kappa shape index (κ1) is 17.8. The monoisotopic (exact) mass is 360 g/mol. The van der Waals surface area contributed by atoms with E-state index in [2.05, 4.69) is 10.6 Å². The van der Waals surface area contributed by atoms with Gasteiger partial charge in [0, 0.05) is 29.7 Å². The summed E-state index contributed by atoms with van der Waals surface area (Å²) in [5.74, 6) is 0.681. The predicted molar refractivity (Wildman–Crippen MR) is 98.4 cm³/mol. The van der Waals surface area contributed by atoms with Gasteiger partial charge in [0.25, 0.3) is 0 Å². The highest BCUT2D eigenvalue weighted by Gasteiger charge is 2.16. The summed E-state index contributed by atoms with van der Waals surface area (Å²) in [4.78, 5) is 13.0. The van der Waals surface area contributed by atoms with Crippen LogP contribution in [0.2, 0.25) is 0 Å². The van der Waals surface area contributed by atoms with Crippen molar-refractivity contribution in [3.05, 3.63) is 59.9 Å². The molecule has 6 heteroatoms. The smallest absolute Gasteiger partial charge is 0.319 e. The molecule has 1 atom stereocenters. The number of rotatable bonds is 6. The first-order chi connectivity index (χ1) is 12.2. The molecule has 0 radical (unpaired) electrons. The number of urea groups is 1. The van der Waals surface area contributed by atoms with E-state index in [4.69, 9.17) is 4.74 Å². The quantitative estimate of drug-likeness (QED) is 0.756. The third-order valence-electron chi connectivity index (χ3n) is 4.05. The maximum absolute atomic E-state index is 13.7. The van der Waals surface area contributed by atoms with E-state index in [0.717, 1.165) is 23.6 Å². The van der Waals surface area contributed by atoms with E-state index in [1.807, 2.05) is 30.3 Å². The van der Waals surface area contributed by atoms with Crippen LogP contribution in [0.4, 0.5) is 14.9 Å². The second-order valence-corrected chi connectivity index (χ2v) is 6.96. The van der Waals surface area contributed by atoms with Crippen LogP contribution in [0.3, 0.4) is 0 Å². The summed E-state index contributed by atoms with van der Waals surface area (Å²) < 4.78 is 19.1. The third-order valence-corrected chi connectivity index (χ3v) is 5.17. The average Bonchev–Trinajstić information content (AvgIpc) is 3.14. The molecule has 1 aliphatic heterocycles. The van der Waals surface area contributed by atoms with Crippen LogP contribution in [-0.2, 0) is 10.5 Å². The number of carbonyl (C=O) groups excluding carboxylic acids is 1. The van der Waals surface area contributed by atoms with Gasteiger partial charge in [0.2, 0.25) is 0 Å². The van der Waals surface area contributed by atoms with E-state index in [1.165, 1.54) is 17.8 Å². The molecule has 1 aliphatic rings. The summed E-state index contributed by atoms with van der Waals surface area (Å²) in [6, 6.07) is 14.0. The topological polar surface area (TPSA) is 50.4 Å². The minimum Gasteiger partial charge on any atom is -0.381 e. The van der Waals surface area contributed by atoms with Crippen LogP contribution in [-0.4, -0.2) is 25.8 Å². The zero-order valence-electron chi connectivity index (χ0n) is 13.8. The van der Waals surface area contributed by atoms with Gasteiger partial charge in [0.1, 0.15) is 5.82 Å². The van der Waals surface area contributed by atoms with Gasteiger partial charge in [0.05, 0.1) is 12.3 Å². The Balaban J connectivity index is 1.56. The Labute approximate surface area is 151 Å². The molecule has 1 heterocycles. The molecular formula is C19H21FN2O2S. The van der Waals surface area contributed by atoms with Crippen molar-refractivity contribution in [3.8, 4) is 0 Å². The van der Waals surface area contributed by atoms with Crippen molar-refractivity contribution in [2.45, 2.75) is 17.1 Å². The van der Waals surface area contributed by atoms with E-state index in [-0.39, 0.29) is 11.8 Å². The molecule has 2 aromatic carbocycles. The van der Waals surface area contributed by atoms with Gasteiger partial charge in [-0.15, -0.1) is 11.8 Å². The average molecular weight is 360 g/mol. The van der Waals surface area contributed by atoms with Crippen molar-refractivity contribution in [2.75, 3.05) is 25.1 Å². The molecule has 132 valence electrons. The van der Waals surface area contributed by atoms with E-state index < -0.39 is 0 Å². The summed E-state index contributed by atoms with van der Waals surface area (Å²) in [6.07, 6.45) is 0.982. The number of nitrogens with one attached hydrogen (secondary N) is 2. The fourth-order valence-corrected chi connectivity index (χ4v) is 3.61. The minimum atomic E-state index is -0.231. The lowest BCUT2D eigenvalue weighted by Crippen LogP contribution is -2.33. The highest BCUT2D eigenvalue weighted by Crippen LogP contribution is 2.30. The summed E-state index contributed by atoms with van der Waals surface area (Å²) in [5, 5.41) is 5.76. The largest absolute Gasteiger partial charge is 0.381 e. The Hall–Kier alpha value is -2.05. The van der Waals surface area contributed by atoms with Crippen LogP contribution in [0, 0.1) is 11.7 Å². The van der Waals surface area contributed by atoms with Crippen molar-refractivity contribution >= 4 is 23.5 Å². The summed E-state index contributed by atoms with van der Waals surface area (Å²) >= 11 is 1.50. The van der Waals surface area contributed by atoms with Crippen molar-refractivity contribution in [2.24, 2.45) is 5.92 Å². The molecule has 2 aromatic rings. The number of benzene rings is 2. The van der Waals surface area contributed by atoms with E-state index in [9.17, 15) is 9.18 Å². The van der Waals surface area contributed by atoms with Gasteiger partial charge in [-0.05, 0) is 30.2 Å². The molecule has 0 saturated carbocycles. The summed E-state index contributed by atoms with van der Waals surface area (Å²) in [6.45, 7) is 2.08. The van der Waals surface area contributed by atoms with Gasteiger partial charge < -0.3 is 15.4 Å². The number of ether oxygens (including phenoxy) is 1. The predicted octanol–water partition coefficient (Wildman–Crippen LogP) is 4.28. The van der Waals surface area contributed by atoms with E-state index >= 15 is 0 Å². The Bertz CT molecular complexity index is 720. The maximum atomic E-state index is 13.7. The number of hydrogen-bond acceptors (Lipinski definition) is 3. The van der Waals surface area contributed by atoms with Gasteiger partial charge in [-0.1, -0.05) is 30.3 Å². The number of thioether (sulfide) groups is 1. The van der Waals surface area contributed by atoms with Gasteiger partial charge in [-0.3, -0.25) is 0 Å². The lowest BCUT2D eigenvalue weighted by atomic mass is 10.1. The molecule has 0 spiro atoms. The maximum Gasteiger partial charge on any atom is 0.319 e. The number of para-hydroxylation sites is 1. The SMILES string of the molecule is O=C(NC[C@H]1CCOC1)Nc1ccccc1SCc1ccccc1F. The first-order valence-corrected chi connectivity index (χ1v) is 9.29. The zero-order chi connectivity index (χ0) is 17.5. The Morgan fingerprint density at radius 1 is 1.20 bits per heavy atom. The lowest BCUT2D eigenvalue weighted by molar-refractivity contribution is 0.185. The Kier molecular flexibility index (Phi) is 6.30. The molecule has 0 unspecified atom stereocenters. The van der Waals surface area contributed by atoms with Gasteiger partial charge in [-0.25, -0.2) is 9.18 Å². The zero-order valence-corrected chi connectivity index (χ0v) is 14.7. The van der Waals surface area contributed by atoms with Gasteiger partial charge >= 0.3 is 6.03 Å². The third kappa shape index (κ3) is 5.21. The first-order valence-electron chi connectivity index (χ1n) is 8.30. The molecule has 4 nitrogen and oxygen atoms in total. The molecule has 0 bridgehead atoms. The molecule has 0 aliphatic carbocycles. The van der Waals surface area contributed by atoms with Gasteiger partial charge in [0.15, 0.2) is 0 Å². The van der Waals surface area contributed by atoms with Crippen LogP contribution < -0.4 is 10.6 Å². The van der Waals surface area contributed by atoms with Crippen molar-refractivity contribution in [3.63, 3.8) is 0 Å². The molecule has 1 saturated heterocycles. The number of carbonyl (C=O) groups is 1.